The van der Waals surface area contributed by atoms with Gasteiger partial charge in [-0.2, -0.15) is 0 Å². The number of amides is 1. The lowest BCUT2D eigenvalue weighted by Gasteiger charge is -2.56. The lowest BCUT2D eigenvalue weighted by atomic mass is 9.48. The number of aryl methyl sites for hydroxylation is 1. The number of benzene rings is 1. The minimum absolute atomic E-state index is 0.0491. The predicted octanol–water partition coefficient (Wildman–Crippen LogP) is 5.46. The fraction of sp³-hybridized carbons (Fsp3) is 0.517. The van der Waals surface area contributed by atoms with E-state index in [1.807, 2.05) is 6.92 Å². The first-order valence-electron chi connectivity index (χ1n) is 12.9. The maximum atomic E-state index is 13.7. The minimum Gasteiger partial charge on any atom is -0.319 e. The molecule has 1 amide bonds. The van der Waals surface area contributed by atoms with Gasteiger partial charge in [-0.15, -0.1) is 0 Å². The second-order valence-corrected chi connectivity index (χ2v) is 14.2. The average Bonchev–Trinajstić information content (AvgIpc) is 3.58. The molecule has 1 aromatic rings. The molecular weight excluding hydrogens is 494 g/mol. The molecule has 1 N–H and O–H groups in total. The van der Waals surface area contributed by atoms with Gasteiger partial charge in [0, 0.05) is 16.4 Å². The molecule has 190 valence electrons. The van der Waals surface area contributed by atoms with Gasteiger partial charge < -0.3 is 5.32 Å². The summed E-state index contributed by atoms with van der Waals surface area (Å²) in [5.41, 5.74) is 2.35. The summed E-state index contributed by atoms with van der Waals surface area (Å²) in [6, 6.07) is 6.78. The van der Waals surface area contributed by atoms with Crippen LogP contribution in [0, 0.1) is 47.3 Å². The van der Waals surface area contributed by atoms with Gasteiger partial charge in [0.05, 0.1) is 4.90 Å². The molecule has 3 fully saturated rings. The van der Waals surface area contributed by atoms with Crippen LogP contribution in [-0.2, 0) is 19.4 Å². The van der Waals surface area contributed by atoms with E-state index in [4.69, 9.17) is 11.6 Å². The summed E-state index contributed by atoms with van der Waals surface area (Å²) in [6.45, 7) is 6.39. The number of allylic oxidation sites excluding steroid dienone is 5. The number of rotatable bonds is 4. The molecule has 0 saturated heterocycles. The Bertz CT molecular complexity index is 1370. The van der Waals surface area contributed by atoms with Gasteiger partial charge in [0.15, 0.2) is 5.78 Å². The highest BCUT2D eigenvalue weighted by molar-refractivity contribution is 7.95. The fourth-order valence-corrected chi connectivity index (χ4v) is 10.4. The highest BCUT2D eigenvalue weighted by atomic mass is 35.5. The second kappa shape index (κ2) is 7.91. The highest BCUT2D eigenvalue weighted by Gasteiger charge is 2.66. The van der Waals surface area contributed by atoms with Crippen LogP contribution >= 0.6 is 11.6 Å². The maximum Gasteiger partial charge on any atom is 0.221 e. The molecule has 7 atom stereocenters. The van der Waals surface area contributed by atoms with Crippen LogP contribution in [0.25, 0.3) is 0 Å². The largest absolute Gasteiger partial charge is 0.319 e. The summed E-state index contributed by atoms with van der Waals surface area (Å²) < 4.78 is 27.5. The van der Waals surface area contributed by atoms with Crippen molar-refractivity contribution >= 4 is 33.6 Å². The fourth-order valence-electron chi connectivity index (χ4n) is 8.37. The van der Waals surface area contributed by atoms with Crippen LogP contribution in [0.2, 0.25) is 0 Å². The van der Waals surface area contributed by atoms with Gasteiger partial charge in [-0.05, 0) is 97.5 Å². The Morgan fingerprint density at radius 1 is 1.11 bits per heavy atom. The zero-order valence-corrected chi connectivity index (χ0v) is 22.5. The van der Waals surface area contributed by atoms with Crippen molar-refractivity contribution in [1.29, 1.82) is 0 Å². The Morgan fingerprint density at radius 2 is 1.83 bits per heavy atom. The molecule has 7 heteroatoms. The van der Waals surface area contributed by atoms with Gasteiger partial charge in [-0.1, -0.05) is 49.2 Å². The van der Waals surface area contributed by atoms with E-state index >= 15 is 0 Å². The topological polar surface area (TPSA) is 80.3 Å². The van der Waals surface area contributed by atoms with Gasteiger partial charge in [0.1, 0.15) is 5.03 Å². The number of carbonyl (C=O) groups excluding carboxylic acids is 2. The van der Waals surface area contributed by atoms with Crippen molar-refractivity contribution in [1.82, 2.24) is 5.32 Å². The Hall–Kier alpha value is -2.18. The number of halogens is 1. The number of carbonyl (C=O) groups is 2. The zero-order valence-electron chi connectivity index (χ0n) is 20.9. The molecule has 0 unspecified atom stereocenters. The second-order valence-electron chi connectivity index (χ2n) is 11.9. The molecule has 0 heterocycles. The molecule has 36 heavy (non-hydrogen) atoms. The van der Waals surface area contributed by atoms with Crippen LogP contribution in [0.15, 0.2) is 62.5 Å². The molecule has 1 aromatic carbocycles. The molecular formula is C29H32ClNO4S. The summed E-state index contributed by atoms with van der Waals surface area (Å²) in [5.74, 6) is 1.53. The average molecular weight is 526 g/mol. The van der Waals surface area contributed by atoms with Crippen molar-refractivity contribution < 1.29 is 18.0 Å². The normalized spacial score (nSPS) is 40.1. The number of hydrogen-bond acceptors (Lipinski definition) is 4. The third-order valence-electron chi connectivity index (χ3n) is 10.3. The monoisotopic (exact) mass is 525 g/mol. The van der Waals surface area contributed by atoms with E-state index in [1.54, 1.807) is 30.3 Å². The number of ketones is 1. The van der Waals surface area contributed by atoms with E-state index in [0.29, 0.717) is 29.7 Å². The van der Waals surface area contributed by atoms with Crippen LogP contribution in [0.5, 0.6) is 0 Å². The van der Waals surface area contributed by atoms with E-state index in [0.717, 1.165) is 42.4 Å². The summed E-state index contributed by atoms with van der Waals surface area (Å²) in [6.07, 6.45) is 8.65. The smallest absolute Gasteiger partial charge is 0.221 e. The van der Waals surface area contributed by atoms with Crippen LogP contribution in [0.3, 0.4) is 0 Å². The van der Waals surface area contributed by atoms with Gasteiger partial charge in [0.2, 0.25) is 16.2 Å². The van der Waals surface area contributed by atoms with E-state index in [-0.39, 0.29) is 44.3 Å². The van der Waals surface area contributed by atoms with Crippen LogP contribution < -0.4 is 5.32 Å². The summed E-state index contributed by atoms with van der Waals surface area (Å²) in [4.78, 5) is 24.4. The lowest BCUT2D eigenvalue weighted by Crippen LogP contribution is -2.50. The van der Waals surface area contributed by atoms with Crippen molar-refractivity contribution in [3.63, 3.8) is 0 Å². The highest BCUT2D eigenvalue weighted by Crippen LogP contribution is 2.71. The van der Waals surface area contributed by atoms with Crippen LogP contribution in [0.1, 0.15) is 51.5 Å². The minimum atomic E-state index is -3.88. The molecule has 0 radical (unpaired) electrons. The van der Waals surface area contributed by atoms with Crippen molar-refractivity contribution in [3.05, 3.63) is 63.2 Å². The van der Waals surface area contributed by atoms with E-state index in [9.17, 15) is 18.0 Å². The van der Waals surface area contributed by atoms with Gasteiger partial charge in [0.25, 0.3) is 0 Å². The Kier molecular flexibility index (Phi) is 5.31. The molecule has 5 nitrogen and oxygen atoms in total. The van der Waals surface area contributed by atoms with Gasteiger partial charge >= 0.3 is 0 Å². The SMILES string of the molecule is Cc1ccc(S(=O)(=O)/C(NC=O)=C2/CC[C@H]3[C@@H]4C=C(Cl)C5=CC(=O)[C@@H]6C[C@@H]6[C@]5(C)[C@H]4CC[C@]23C)cc1. The first-order valence-corrected chi connectivity index (χ1v) is 14.8. The van der Waals surface area contributed by atoms with E-state index in [2.05, 4.69) is 25.2 Å². The summed E-state index contributed by atoms with van der Waals surface area (Å²) >= 11 is 6.87. The van der Waals surface area contributed by atoms with Crippen molar-refractivity contribution in [2.75, 3.05) is 0 Å². The van der Waals surface area contributed by atoms with E-state index < -0.39 is 9.84 Å². The molecule has 3 saturated carbocycles. The molecule has 0 bridgehead atoms. The number of nitrogens with one attached hydrogen (secondary N) is 1. The third-order valence-corrected chi connectivity index (χ3v) is 12.5. The van der Waals surface area contributed by atoms with E-state index in [1.165, 1.54) is 0 Å². The summed E-state index contributed by atoms with van der Waals surface area (Å²) in [7, 11) is -3.88. The standard InChI is InChI=1S/C29H32ClNO4S/c1-16-4-6-17(7-5-16)36(34,35)27(31-15-32)22-9-8-20-18-13-25(30)24-14-26(33)19-12-23(19)29(24,3)21(18)10-11-28(20,22)2/h4-7,13-15,18-21,23H,8-12H2,1-3H3,(H,31,32)/b27-22-/t18-,19+,20-,21-,23-,28-,29-/m0/s1. The Labute approximate surface area is 218 Å². The van der Waals surface area contributed by atoms with Gasteiger partial charge in [-0.3, -0.25) is 9.59 Å². The van der Waals surface area contributed by atoms with Crippen molar-refractivity contribution in [2.24, 2.45) is 40.4 Å². The van der Waals surface area contributed by atoms with Gasteiger partial charge in [-0.25, -0.2) is 8.42 Å². The number of hydrogen-bond donors (Lipinski definition) is 1. The van der Waals surface area contributed by atoms with Crippen molar-refractivity contribution in [2.45, 2.75) is 57.8 Å². The van der Waals surface area contributed by atoms with Crippen LogP contribution in [-0.4, -0.2) is 20.6 Å². The predicted molar refractivity (Wildman–Crippen MR) is 138 cm³/mol. The molecule has 0 spiro atoms. The quantitative estimate of drug-likeness (QED) is 0.529. The molecule has 6 rings (SSSR count). The zero-order chi connectivity index (χ0) is 25.6. The first-order chi connectivity index (χ1) is 17.0. The Balaban J connectivity index is 1.44. The molecule has 0 aromatic heterocycles. The number of fused-ring (bicyclic) bond motifs is 7. The third kappa shape index (κ3) is 3.16. The van der Waals surface area contributed by atoms with Crippen LogP contribution in [0.4, 0.5) is 0 Å². The maximum absolute atomic E-state index is 13.7. The molecule has 0 aliphatic heterocycles. The number of sulfone groups is 1. The first kappa shape index (κ1) is 24.2. The summed E-state index contributed by atoms with van der Waals surface area (Å²) in [5, 5.41) is 3.35. The Morgan fingerprint density at radius 3 is 2.53 bits per heavy atom. The lowest BCUT2D eigenvalue weighted by molar-refractivity contribution is -0.117. The van der Waals surface area contributed by atoms with Crippen molar-refractivity contribution in [3.8, 4) is 0 Å². The molecule has 5 aliphatic carbocycles. The molecule has 5 aliphatic rings.